The number of benzene rings is 1. The number of hydrogen-bond acceptors (Lipinski definition) is 7. The highest BCUT2D eigenvalue weighted by Gasteiger charge is 2.27. The molecule has 1 aromatic rings. The molecule has 0 saturated heterocycles. The van der Waals surface area contributed by atoms with Crippen molar-refractivity contribution in [2.75, 3.05) is 31.7 Å². The molecule has 40 heavy (non-hydrogen) atoms. The van der Waals surface area contributed by atoms with E-state index in [1.165, 1.54) is 0 Å². The lowest BCUT2D eigenvalue weighted by Gasteiger charge is -2.22. The summed E-state index contributed by atoms with van der Waals surface area (Å²) in [6.45, 7) is 15.7. The van der Waals surface area contributed by atoms with E-state index in [2.05, 4.69) is 31.4 Å². The number of nitrogens with one attached hydrogen (secondary N) is 2. The van der Waals surface area contributed by atoms with E-state index in [9.17, 15) is 19.2 Å². The molecule has 0 aromatic heterocycles. The van der Waals surface area contributed by atoms with Crippen molar-refractivity contribution in [1.29, 1.82) is 0 Å². The molecule has 0 saturated carbocycles. The van der Waals surface area contributed by atoms with Crippen LogP contribution in [0.4, 0.5) is 5.69 Å². The van der Waals surface area contributed by atoms with Gasteiger partial charge >= 0.3 is 5.97 Å². The van der Waals surface area contributed by atoms with E-state index >= 15 is 0 Å². The van der Waals surface area contributed by atoms with E-state index in [0.29, 0.717) is 31.9 Å². The molecule has 0 unspecified atom stereocenters. The van der Waals surface area contributed by atoms with Gasteiger partial charge in [0.05, 0.1) is 19.8 Å². The van der Waals surface area contributed by atoms with E-state index in [1.54, 1.807) is 31.2 Å². The smallest absolute Gasteiger partial charge is 0.306 e. The Morgan fingerprint density at radius 1 is 0.850 bits per heavy atom. The van der Waals surface area contributed by atoms with Crippen LogP contribution in [0, 0.1) is 17.3 Å². The molecule has 0 aliphatic carbocycles. The van der Waals surface area contributed by atoms with Crippen molar-refractivity contribution in [2.45, 2.75) is 93.2 Å². The topological polar surface area (TPSA) is 120 Å². The summed E-state index contributed by atoms with van der Waals surface area (Å²) in [5.74, 6) is -1.61. The van der Waals surface area contributed by atoms with Crippen LogP contribution >= 0.6 is 0 Å². The van der Waals surface area contributed by atoms with E-state index in [-0.39, 0.29) is 61.0 Å². The monoisotopic (exact) mass is 562 g/mol. The third kappa shape index (κ3) is 15.7. The minimum atomic E-state index is -0.793. The molecule has 226 valence electrons. The molecular weight excluding hydrogens is 512 g/mol. The van der Waals surface area contributed by atoms with Crippen molar-refractivity contribution in [2.24, 2.45) is 17.3 Å². The number of Topliss-reactive ketones (excluding diaryl/α,β-unsaturated/α-hetero) is 1. The SMILES string of the molecule is CCCOCCOCCC(=O)C[C@H](C(=O)N[C@@H](C)C(=O)Nc1ccc(COC(=O)CCC(C)(C)C)cc1)C(C)C. The third-order valence-electron chi connectivity index (χ3n) is 6.29. The maximum atomic E-state index is 12.9. The van der Waals surface area contributed by atoms with Gasteiger partial charge in [-0.2, -0.15) is 0 Å². The van der Waals surface area contributed by atoms with Gasteiger partial charge in [0.2, 0.25) is 11.8 Å². The number of esters is 1. The highest BCUT2D eigenvalue weighted by molar-refractivity contribution is 5.97. The van der Waals surface area contributed by atoms with Crippen LogP contribution in [0.1, 0.15) is 86.1 Å². The second-order valence-electron chi connectivity index (χ2n) is 11.7. The maximum absolute atomic E-state index is 12.9. The molecule has 0 radical (unpaired) electrons. The Bertz CT molecular complexity index is 923. The number of rotatable bonds is 19. The Labute approximate surface area is 240 Å². The number of carbonyl (C=O) groups is 4. The number of hydrogen-bond donors (Lipinski definition) is 2. The van der Waals surface area contributed by atoms with Gasteiger partial charge in [0, 0.05) is 37.5 Å². The summed E-state index contributed by atoms with van der Waals surface area (Å²) >= 11 is 0. The Morgan fingerprint density at radius 3 is 2.05 bits per heavy atom. The van der Waals surface area contributed by atoms with E-state index in [1.807, 2.05) is 20.8 Å². The number of amides is 2. The van der Waals surface area contributed by atoms with Gasteiger partial charge in [-0.25, -0.2) is 0 Å². The third-order valence-corrected chi connectivity index (χ3v) is 6.29. The second-order valence-corrected chi connectivity index (χ2v) is 11.7. The molecule has 2 N–H and O–H groups in total. The lowest BCUT2D eigenvalue weighted by molar-refractivity contribution is -0.145. The average Bonchev–Trinajstić information content (AvgIpc) is 2.88. The molecule has 2 atom stereocenters. The van der Waals surface area contributed by atoms with Crippen molar-refractivity contribution in [1.82, 2.24) is 5.32 Å². The van der Waals surface area contributed by atoms with Crippen molar-refractivity contribution < 1.29 is 33.4 Å². The predicted octanol–water partition coefficient (Wildman–Crippen LogP) is 5.06. The van der Waals surface area contributed by atoms with Gasteiger partial charge in [-0.3, -0.25) is 19.2 Å². The molecule has 0 spiro atoms. The maximum Gasteiger partial charge on any atom is 0.306 e. The van der Waals surface area contributed by atoms with Crippen LogP contribution in [-0.4, -0.2) is 56.0 Å². The average molecular weight is 563 g/mol. The number of ether oxygens (including phenoxy) is 3. The van der Waals surface area contributed by atoms with Crippen LogP contribution in [0.5, 0.6) is 0 Å². The number of anilines is 1. The first-order valence-corrected chi connectivity index (χ1v) is 14.3. The number of carbonyl (C=O) groups excluding carboxylic acids is 4. The van der Waals surface area contributed by atoms with Gasteiger partial charge in [-0.15, -0.1) is 0 Å². The zero-order chi connectivity index (χ0) is 30.1. The molecule has 9 heteroatoms. The van der Waals surface area contributed by atoms with Crippen LogP contribution in [0.3, 0.4) is 0 Å². The molecule has 0 fully saturated rings. The molecule has 1 aromatic carbocycles. The molecule has 0 aliphatic heterocycles. The first kappa shape index (κ1) is 35.2. The van der Waals surface area contributed by atoms with Gasteiger partial charge in [0.15, 0.2) is 0 Å². The zero-order valence-corrected chi connectivity index (χ0v) is 25.5. The standard InChI is InChI=1S/C31H50N2O7/c1-8-16-38-18-19-39-17-14-26(34)20-27(22(2)3)30(37)32-23(4)29(36)33-25-11-9-24(10-12-25)21-40-28(35)13-15-31(5,6)7/h9-12,22-23,27H,8,13-21H2,1-7H3,(H,32,37)(H,33,36)/t23-,27-/m0/s1. The van der Waals surface area contributed by atoms with Crippen molar-refractivity contribution in [3.05, 3.63) is 29.8 Å². The van der Waals surface area contributed by atoms with E-state index in [4.69, 9.17) is 14.2 Å². The molecule has 2 amide bonds. The Kier molecular flexibility index (Phi) is 16.3. The van der Waals surface area contributed by atoms with Gasteiger partial charge in [-0.05, 0) is 48.8 Å². The Balaban J connectivity index is 2.48. The summed E-state index contributed by atoms with van der Waals surface area (Å²) in [6.07, 6.45) is 2.39. The van der Waals surface area contributed by atoms with Gasteiger partial charge in [0.1, 0.15) is 18.4 Å². The first-order chi connectivity index (χ1) is 18.8. The quantitative estimate of drug-likeness (QED) is 0.179. The highest BCUT2D eigenvalue weighted by atomic mass is 16.5. The van der Waals surface area contributed by atoms with Gasteiger partial charge in [-0.1, -0.05) is 53.7 Å². The summed E-state index contributed by atoms with van der Waals surface area (Å²) < 4.78 is 16.1. The zero-order valence-electron chi connectivity index (χ0n) is 25.5. The Morgan fingerprint density at radius 2 is 1.48 bits per heavy atom. The number of ketones is 1. The molecule has 1 rings (SSSR count). The molecule has 9 nitrogen and oxygen atoms in total. The molecule has 0 aliphatic rings. The van der Waals surface area contributed by atoms with Crippen LogP contribution in [-0.2, 0) is 40.0 Å². The van der Waals surface area contributed by atoms with E-state index in [0.717, 1.165) is 18.4 Å². The fraction of sp³-hybridized carbons (Fsp3) is 0.677. The van der Waals surface area contributed by atoms with Crippen molar-refractivity contribution in [3.63, 3.8) is 0 Å². The summed E-state index contributed by atoms with van der Waals surface area (Å²) in [5, 5.41) is 5.52. The van der Waals surface area contributed by atoms with Crippen molar-refractivity contribution >= 4 is 29.3 Å². The normalized spacial score (nSPS) is 13.0. The summed E-state index contributed by atoms with van der Waals surface area (Å²) in [4.78, 5) is 50.0. The van der Waals surface area contributed by atoms with Crippen LogP contribution in [0.2, 0.25) is 0 Å². The van der Waals surface area contributed by atoms with Crippen molar-refractivity contribution in [3.8, 4) is 0 Å². The predicted molar refractivity (Wildman–Crippen MR) is 156 cm³/mol. The molecule has 0 heterocycles. The van der Waals surface area contributed by atoms with E-state index < -0.39 is 12.0 Å². The fourth-order valence-corrected chi connectivity index (χ4v) is 3.66. The van der Waals surface area contributed by atoms with Crippen LogP contribution in [0.25, 0.3) is 0 Å². The molecule has 0 bridgehead atoms. The lowest BCUT2D eigenvalue weighted by atomic mass is 9.89. The second kappa shape index (κ2) is 18.5. The van der Waals surface area contributed by atoms with Gasteiger partial charge in [0.25, 0.3) is 0 Å². The Hall–Kier alpha value is -2.78. The lowest BCUT2D eigenvalue weighted by Crippen LogP contribution is -2.45. The van der Waals surface area contributed by atoms with Gasteiger partial charge < -0.3 is 24.8 Å². The largest absolute Gasteiger partial charge is 0.461 e. The molecular formula is C31H50N2O7. The minimum absolute atomic E-state index is 0.0552. The fourth-order valence-electron chi connectivity index (χ4n) is 3.66. The minimum Gasteiger partial charge on any atom is -0.461 e. The summed E-state index contributed by atoms with van der Waals surface area (Å²) in [5.41, 5.74) is 1.44. The van der Waals surface area contributed by atoms with Crippen LogP contribution < -0.4 is 10.6 Å². The summed E-state index contributed by atoms with van der Waals surface area (Å²) in [6, 6.07) is 6.20. The first-order valence-electron chi connectivity index (χ1n) is 14.3. The summed E-state index contributed by atoms with van der Waals surface area (Å²) in [7, 11) is 0. The van der Waals surface area contributed by atoms with Crippen LogP contribution in [0.15, 0.2) is 24.3 Å². The highest BCUT2D eigenvalue weighted by Crippen LogP contribution is 2.21.